The number of aliphatic imine (C=N–C) groups is 1. The lowest BCUT2D eigenvalue weighted by Crippen LogP contribution is -2.28. The van der Waals surface area contributed by atoms with E-state index < -0.39 is 0 Å². The van der Waals surface area contributed by atoms with Gasteiger partial charge in [0, 0.05) is 11.0 Å². The molecule has 1 aliphatic heterocycles. The van der Waals surface area contributed by atoms with Crippen molar-refractivity contribution in [3.05, 3.63) is 51.3 Å². The largest absolute Gasteiger partial charge is 0.497 e. The molecule has 0 bridgehead atoms. The molecule has 0 aliphatic carbocycles. The summed E-state index contributed by atoms with van der Waals surface area (Å²) in [6.45, 7) is 4.90. The van der Waals surface area contributed by atoms with Crippen LogP contribution < -0.4 is 14.2 Å². The maximum Gasteiger partial charge on any atom is 0.266 e. The SMILES string of the molecule is CCOc1cc(/C=C2/SC(=Nc3ccc(OC)cc3)N(CC)C2=O)c(Br)cc1OC. The van der Waals surface area contributed by atoms with Crippen LogP contribution in [0.2, 0.25) is 0 Å². The van der Waals surface area contributed by atoms with Gasteiger partial charge in [-0.2, -0.15) is 0 Å². The number of hydrogen-bond donors (Lipinski definition) is 0. The Labute approximate surface area is 189 Å². The minimum atomic E-state index is -0.0737. The number of carbonyl (C=O) groups excluding carboxylic acids is 1. The molecular weight excluding hydrogens is 468 g/mol. The van der Waals surface area contributed by atoms with Crippen molar-refractivity contribution in [3.8, 4) is 17.2 Å². The molecule has 1 aliphatic rings. The Morgan fingerprint density at radius 1 is 1.10 bits per heavy atom. The van der Waals surface area contributed by atoms with Crippen LogP contribution in [0.4, 0.5) is 5.69 Å². The number of rotatable bonds is 7. The van der Waals surface area contributed by atoms with Gasteiger partial charge in [0.25, 0.3) is 5.91 Å². The normalized spacial score (nSPS) is 16.4. The van der Waals surface area contributed by atoms with Gasteiger partial charge in [0.15, 0.2) is 16.7 Å². The van der Waals surface area contributed by atoms with Crippen molar-refractivity contribution < 1.29 is 19.0 Å². The van der Waals surface area contributed by atoms with Crippen molar-refractivity contribution in [2.24, 2.45) is 4.99 Å². The average molecular weight is 491 g/mol. The first-order valence-electron chi connectivity index (χ1n) is 9.45. The van der Waals surface area contributed by atoms with Crippen LogP contribution in [-0.4, -0.2) is 43.3 Å². The van der Waals surface area contributed by atoms with E-state index in [2.05, 4.69) is 20.9 Å². The number of thioether (sulfide) groups is 1. The van der Waals surface area contributed by atoms with E-state index >= 15 is 0 Å². The summed E-state index contributed by atoms with van der Waals surface area (Å²) in [5.74, 6) is 1.95. The Kier molecular flexibility index (Phi) is 7.44. The van der Waals surface area contributed by atoms with Gasteiger partial charge in [0.1, 0.15) is 5.75 Å². The minimum absolute atomic E-state index is 0.0737. The van der Waals surface area contributed by atoms with Crippen LogP contribution in [0.15, 0.2) is 50.8 Å². The van der Waals surface area contributed by atoms with Gasteiger partial charge in [-0.3, -0.25) is 9.69 Å². The van der Waals surface area contributed by atoms with Gasteiger partial charge in [-0.25, -0.2) is 4.99 Å². The quantitative estimate of drug-likeness (QED) is 0.480. The zero-order valence-corrected chi connectivity index (χ0v) is 19.7. The lowest BCUT2D eigenvalue weighted by Gasteiger charge is -2.12. The van der Waals surface area contributed by atoms with Crippen LogP contribution in [0.5, 0.6) is 17.2 Å². The highest BCUT2D eigenvalue weighted by atomic mass is 79.9. The number of methoxy groups -OCH3 is 2. The molecule has 0 aromatic heterocycles. The molecule has 6 nitrogen and oxygen atoms in total. The Balaban J connectivity index is 1.95. The maximum atomic E-state index is 13.0. The summed E-state index contributed by atoms with van der Waals surface area (Å²) in [5.41, 5.74) is 1.59. The zero-order chi connectivity index (χ0) is 21.7. The second-order valence-corrected chi connectivity index (χ2v) is 8.07. The van der Waals surface area contributed by atoms with Gasteiger partial charge in [0.2, 0.25) is 0 Å². The number of carbonyl (C=O) groups is 1. The summed E-state index contributed by atoms with van der Waals surface area (Å²) < 4.78 is 17.0. The number of nitrogens with zero attached hydrogens (tertiary/aromatic N) is 2. The van der Waals surface area contributed by atoms with Crippen molar-refractivity contribution >= 4 is 50.5 Å². The average Bonchev–Trinajstić information content (AvgIpc) is 3.04. The van der Waals surface area contributed by atoms with E-state index in [1.807, 2.05) is 56.3 Å². The van der Waals surface area contributed by atoms with Crippen molar-refractivity contribution in [3.63, 3.8) is 0 Å². The van der Waals surface area contributed by atoms with E-state index in [0.717, 1.165) is 21.5 Å². The third-order valence-electron chi connectivity index (χ3n) is 4.37. The van der Waals surface area contributed by atoms with Gasteiger partial charge in [-0.15, -0.1) is 0 Å². The fourth-order valence-electron chi connectivity index (χ4n) is 2.87. The third kappa shape index (κ3) is 4.82. The molecule has 1 saturated heterocycles. The predicted octanol–water partition coefficient (Wildman–Crippen LogP) is 5.49. The summed E-state index contributed by atoms with van der Waals surface area (Å²) in [6.07, 6.45) is 1.85. The highest BCUT2D eigenvalue weighted by Gasteiger charge is 2.32. The van der Waals surface area contributed by atoms with Gasteiger partial charge in [0.05, 0.1) is 31.4 Å². The monoisotopic (exact) mass is 490 g/mol. The van der Waals surface area contributed by atoms with E-state index in [0.29, 0.717) is 34.7 Å². The van der Waals surface area contributed by atoms with E-state index in [4.69, 9.17) is 14.2 Å². The summed E-state index contributed by atoms with van der Waals surface area (Å²) in [4.78, 5) is 19.9. The van der Waals surface area contributed by atoms with E-state index in [1.54, 1.807) is 19.1 Å². The van der Waals surface area contributed by atoms with Gasteiger partial charge < -0.3 is 14.2 Å². The van der Waals surface area contributed by atoms with E-state index in [-0.39, 0.29) is 5.91 Å². The summed E-state index contributed by atoms with van der Waals surface area (Å²) >= 11 is 4.91. The zero-order valence-electron chi connectivity index (χ0n) is 17.3. The molecule has 1 heterocycles. The lowest BCUT2D eigenvalue weighted by atomic mass is 10.2. The Bertz CT molecular complexity index is 989. The van der Waals surface area contributed by atoms with E-state index in [1.165, 1.54) is 11.8 Å². The molecule has 0 saturated carbocycles. The molecule has 0 spiro atoms. The second kappa shape index (κ2) is 10.0. The predicted molar refractivity (Wildman–Crippen MR) is 125 cm³/mol. The van der Waals surface area contributed by atoms with Crippen molar-refractivity contribution in [2.45, 2.75) is 13.8 Å². The smallest absolute Gasteiger partial charge is 0.266 e. The number of hydrogen-bond acceptors (Lipinski definition) is 6. The number of likely N-dealkylation sites (N-methyl/N-ethyl adjacent to an activating group) is 1. The molecule has 2 aromatic carbocycles. The number of ether oxygens (including phenoxy) is 3. The molecule has 1 amide bonds. The summed E-state index contributed by atoms with van der Waals surface area (Å²) in [7, 11) is 3.22. The van der Waals surface area contributed by atoms with Crippen LogP contribution >= 0.6 is 27.7 Å². The molecule has 0 N–H and O–H groups in total. The molecule has 0 radical (unpaired) electrons. The van der Waals surface area contributed by atoms with Gasteiger partial charge in [-0.05, 0) is 73.6 Å². The van der Waals surface area contributed by atoms with Gasteiger partial charge >= 0.3 is 0 Å². The topological polar surface area (TPSA) is 60.4 Å². The Hall–Kier alpha value is -2.45. The molecular formula is C22H23BrN2O4S. The van der Waals surface area contributed by atoms with Crippen LogP contribution in [0.25, 0.3) is 6.08 Å². The standard InChI is InChI=1S/C22H23BrN2O4S/c1-5-25-21(26)20(30-22(25)24-15-7-9-16(27-3)10-8-15)12-14-11-19(29-6-2)18(28-4)13-17(14)23/h7-13H,5-6H2,1-4H3/b20-12+,24-22?. The number of amides is 1. The van der Waals surface area contributed by atoms with Crippen LogP contribution in [0, 0.1) is 0 Å². The molecule has 30 heavy (non-hydrogen) atoms. The summed E-state index contributed by atoms with van der Waals surface area (Å²) in [5, 5.41) is 0.647. The van der Waals surface area contributed by atoms with Crippen molar-refractivity contribution in [1.29, 1.82) is 0 Å². The number of amidine groups is 1. The highest BCUT2D eigenvalue weighted by molar-refractivity contribution is 9.10. The first-order valence-corrected chi connectivity index (χ1v) is 11.1. The maximum absolute atomic E-state index is 13.0. The number of benzene rings is 2. The molecule has 158 valence electrons. The van der Waals surface area contributed by atoms with Crippen molar-refractivity contribution in [2.75, 3.05) is 27.4 Å². The van der Waals surface area contributed by atoms with Gasteiger partial charge in [-0.1, -0.05) is 15.9 Å². The van der Waals surface area contributed by atoms with Crippen molar-refractivity contribution in [1.82, 2.24) is 4.90 Å². The summed E-state index contributed by atoms with van der Waals surface area (Å²) in [6, 6.07) is 11.1. The van der Waals surface area contributed by atoms with E-state index in [9.17, 15) is 4.79 Å². The molecule has 0 atom stereocenters. The molecule has 1 fully saturated rings. The fourth-order valence-corrected chi connectivity index (χ4v) is 4.36. The third-order valence-corrected chi connectivity index (χ3v) is 6.06. The lowest BCUT2D eigenvalue weighted by molar-refractivity contribution is -0.122. The minimum Gasteiger partial charge on any atom is -0.497 e. The first kappa shape index (κ1) is 22.2. The number of halogens is 1. The molecule has 3 rings (SSSR count). The molecule has 8 heteroatoms. The van der Waals surface area contributed by atoms with Crippen LogP contribution in [0.1, 0.15) is 19.4 Å². The van der Waals surface area contributed by atoms with Crippen LogP contribution in [0.3, 0.4) is 0 Å². The van der Waals surface area contributed by atoms with Crippen LogP contribution in [-0.2, 0) is 4.79 Å². The highest BCUT2D eigenvalue weighted by Crippen LogP contribution is 2.38. The Morgan fingerprint density at radius 2 is 1.83 bits per heavy atom. The molecule has 2 aromatic rings. The fraction of sp³-hybridized carbons (Fsp3) is 0.273. The Morgan fingerprint density at radius 3 is 2.43 bits per heavy atom. The molecule has 0 unspecified atom stereocenters. The second-order valence-electron chi connectivity index (χ2n) is 6.21. The first-order chi connectivity index (χ1) is 14.5.